The number of carboxylic acids is 1. The highest BCUT2D eigenvalue weighted by atomic mass is 16.6. The number of ether oxygens (including phenoxy) is 1. The second kappa shape index (κ2) is 6.71. The van der Waals surface area contributed by atoms with Crippen molar-refractivity contribution < 1.29 is 19.6 Å². The van der Waals surface area contributed by atoms with E-state index < -0.39 is 10.9 Å². The maximum absolute atomic E-state index is 11.2. The first-order chi connectivity index (χ1) is 10.5. The summed E-state index contributed by atoms with van der Waals surface area (Å²) in [7, 11) is 0. The van der Waals surface area contributed by atoms with Crippen molar-refractivity contribution >= 4 is 11.7 Å². The van der Waals surface area contributed by atoms with Gasteiger partial charge in [0.05, 0.1) is 17.1 Å². The van der Waals surface area contributed by atoms with Gasteiger partial charge in [-0.05, 0) is 35.7 Å². The van der Waals surface area contributed by atoms with E-state index in [-0.39, 0.29) is 17.0 Å². The molecule has 0 aliphatic carbocycles. The summed E-state index contributed by atoms with van der Waals surface area (Å²) in [5, 5.41) is 20.0. The van der Waals surface area contributed by atoms with Crippen LogP contribution in [0.3, 0.4) is 0 Å². The number of nitro benzene ring substituents is 1. The second-order valence-corrected chi connectivity index (χ2v) is 4.67. The molecular weight excluding hydrogens is 286 g/mol. The third-order valence-corrected chi connectivity index (χ3v) is 3.08. The molecule has 0 aliphatic rings. The quantitative estimate of drug-likeness (QED) is 0.648. The predicted octanol–water partition coefficient (Wildman–Crippen LogP) is 3.75. The summed E-state index contributed by atoms with van der Waals surface area (Å²) in [6.45, 7) is 2.33. The van der Waals surface area contributed by atoms with Gasteiger partial charge in [0.25, 0.3) is 0 Å². The summed E-state index contributed by atoms with van der Waals surface area (Å²) in [4.78, 5) is 21.5. The van der Waals surface area contributed by atoms with E-state index in [9.17, 15) is 14.9 Å². The average molecular weight is 301 g/mol. The van der Waals surface area contributed by atoms with Crippen LogP contribution in [0, 0.1) is 10.1 Å². The van der Waals surface area contributed by atoms with E-state index in [2.05, 4.69) is 0 Å². The Kier molecular flexibility index (Phi) is 4.73. The van der Waals surface area contributed by atoms with Gasteiger partial charge in [-0.15, -0.1) is 0 Å². The number of rotatable bonds is 6. The van der Waals surface area contributed by atoms with Gasteiger partial charge in [-0.25, -0.2) is 4.79 Å². The number of carboxylic acid groups (broad SMARTS) is 1. The molecule has 2 rings (SSSR count). The van der Waals surface area contributed by atoms with Gasteiger partial charge in [-0.3, -0.25) is 10.1 Å². The van der Waals surface area contributed by atoms with Crippen molar-refractivity contribution in [2.75, 3.05) is 6.61 Å². The summed E-state index contributed by atoms with van der Waals surface area (Å²) in [5.74, 6) is -0.779. The third-order valence-electron chi connectivity index (χ3n) is 3.08. The lowest BCUT2D eigenvalue weighted by atomic mass is 10.0. The molecule has 0 saturated heterocycles. The Morgan fingerprint density at radius 1 is 1.18 bits per heavy atom. The van der Waals surface area contributed by atoms with E-state index >= 15 is 0 Å². The van der Waals surface area contributed by atoms with Crippen LogP contribution in [0.4, 0.5) is 5.69 Å². The number of nitrogens with zero attached hydrogens (tertiary/aromatic N) is 1. The molecule has 0 aromatic heterocycles. The minimum absolute atomic E-state index is 0.103. The minimum Gasteiger partial charge on any atom is -0.487 e. The molecule has 0 aliphatic heterocycles. The van der Waals surface area contributed by atoms with E-state index in [0.29, 0.717) is 17.7 Å². The van der Waals surface area contributed by atoms with Crippen molar-refractivity contribution in [1.29, 1.82) is 0 Å². The Morgan fingerprint density at radius 3 is 2.36 bits per heavy atom. The van der Waals surface area contributed by atoms with Crippen molar-refractivity contribution in [2.45, 2.75) is 13.3 Å². The van der Waals surface area contributed by atoms with Crippen molar-refractivity contribution in [1.82, 2.24) is 0 Å². The molecule has 6 nitrogen and oxygen atoms in total. The number of hydrogen-bond acceptors (Lipinski definition) is 4. The first-order valence-electron chi connectivity index (χ1n) is 6.78. The zero-order valence-electron chi connectivity index (χ0n) is 12.0. The lowest BCUT2D eigenvalue weighted by Crippen LogP contribution is -1.99. The van der Waals surface area contributed by atoms with Crippen LogP contribution >= 0.6 is 0 Å². The largest absolute Gasteiger partial charge is 0.487 e. The zero-order chi connectivity index (χ0) is 16.1. The number of benzene rings is 2. The molecule has 0 atom stereocenters. The Balaban J connectivity index is 2.37. The highest BCUT2D eigenvalue weighted by molar-refractivity contribution is 5.88. The van der Waals surface area contributed by atoms with Crippen molar-refractivity contribution in [3.8, 4) is 16.9 Å². The lowest BCUT2D eigenvalue weighted by Gasteiger charge is -2.08. The molecule has 0 spiro atoms. The van der Waals surface area contributed by atoms with Gasteiger partial charge in [0.15, 0.2) is 5.75 Å². The van der Waals surface area contributed by atoms with Gasteiger partial charge in [0, 0.05) is 6.07 Å². The van der Waals surface area contributed by atoms with Gasteiger partial charge in [0.2, 0.25) is 0 Å². The molecule has 6 heteroatoms. The summed E-state index contributed by atoms with van der Waals surface area (Å²) >= 11 is 0. The van der Waals surface area contributed by atoms with Crippen LogP contribution in [0.5, 0.6) is 5.75 Å². The summed E-state index contributed by atoms with van der Waals surface area (Å²) in [6.07, 6.45) is 0.759. The van der Waals surface area contributed by atoms with Gasteiger partial charge in [-0.1, -0.05) is 25.1 Å². The summed E-state index contributed by atoms with van der Waals surface area (Å²) in [6, 6.07) is 10.9. The van der Waals surface area contributed by atoms with Gasteiger partial charge in [-0.2, -0.15) is 0 Å². The maximum atomic E-state index is 11.2. The van der Waals surface area contributed by atoms with Crippen LogP contribution in [0.1, 0.15) is 23.7 Å². The van der Waals surface area contributed by atoms with Crippen LogP contribution in [-0.2, 0) is 0 Å². The van der Waals surface area contributed by atoms with E-state index in [4.69, 9.17) is 9.84 Å². The standard InChI is InChI=1S/C16H15NO5/c1-2-9-22-15-8-7-13(10-14(15)17(20)21)11-3-5-12(6-4-11)16(18)19/h3-8,10H,2,9H2,1H3,(H,18,19). The van der Waals surface area contributed by atoms with E-state index in [1.165, 1.54) is 18.2 Å². The molecule has 22 heavy (non-hydrogen) atoms. The molecule has 0 bridgehead atoms. The number of carbonyl (C=O) groups is 1. The smallest absolute Gasteiger partial charge is 0.335 e. The Labute approximate surface area is 127 Å². The molecule has 2 aromatic carbocycles. The fourth-order valence-electron chi connectivity index (χ4n) is 1.98. The average Bonchev–Trinajstić information content (AvgIpc) is 2.52. The van der Waals surface area contributed by atoms with Crippen molar-refractivity contribution in [3.63, 3.8) is 0 Å². The van der Waals surface area contributed by atoms with E-state index in [1.54, 1.807) is 24.3 Å². The monoisotopic (exact) mass is 301 g/mol. The fraction of sp³-hybridized carbons (Fsp3) is 0.188. The highest BCUT2D eigenvalue weighted by Crippen LogP contribution is 2.32. The molecule has 0 unspecified atom stereocenters. The van der Waals surface area contributed by atoms with Crippen molar-refractivity contribution in [2.24, 2.45) is 0 Å². The van der Waals surface area contributed by atoms with E-state index in [0.717, 1.165) is 6.42 Å². The fourth-order valence-corrected chi connectivity index (χ4v) is 1.98. The van der Waals surface area contributed by atoms with Crippen LogP contribution in [0.15, 0.2) is 42.5 Å². The molecule has 2 aromatic rings. The number of hydrogen-bond donors (Lipinski definition) is 1. The molecule has 114 valence electrons. The lowest BCUT2D eigenvalue weighted by molar-refractivity contribution is -0.385. The van der Waals surface area contributed by atoms with Crippen LogP contribution < -0.4 is 4.74 Å². The molecule has 1 N–H and O–H groups in total. The molecule has 0 fully saturated rings. The van der Waals surface area contributed by atoms with E-state index in [1.807, 2.05) is 6.92 Å². The Morgan fingerprint density at radius 2 is 1.82 bits per heavy atom. The van der Waals surface area contributed by atoms with Crippen molar-refractivity contribution in [3.05, 3.63) is 58.1 Å². The topological polar surface area (TPSA) is 89.7 Å². The predicted molar refractivity (Wildman–Crippen MR) is 81.3 cm³/mol. The van der Waals surface area contributed by atoms with Crippen LogP contribution in [0.2, 0.25) is 0 Å². The third kappa shape index (κ3) is 3.41. The van der Waals surface area contributed by atoms with Gasteiger partial charge >= 0.3 is 11.7 Å². The molecule has 0 radical (unpaired) electrons. The Hall–Kier alpha value is -2.89. The first kappa shape index (κ1) is 15.5. The van der Waals surface area contributed by atoms with Crippen LogP contribution in [-0.4, -0.2) is 22.6 Å². The number of aromatic carboxylic acids is 1. The Bertz CT molecular complexity index is 694. The highest BCUT2D eigenvalue weighted by Gasteiger charge is 2.16. The van der Waals surface area contributed by atoms with Gasteiger partial charge in [0.1, 0.15) is 0 Å². The zero-order valence-corrected chi connectivity index (χ0v) is 12.0. The SMILES string of the molecule is CCCOc1ccc(-c2ccc(C(=O)O)cc2)cc1[N+](=O)[O-]. The number of nitro groups is 1. The van der Waals surface area contributed by atoms with Gasteiger partial charge < -0.3 is 9.84 Å². The molecule has 0 heterocycles. The summed E-state index contributed by atoms with van der Waals surface area (Å²) in [5.41, 5.74) is 1.40. The molecule has 0 amide bonds. The molecule has 0 saturated carbocycles. The van der Waals surface area contributed by atoms with Crippen LogP contribution in [0.25, 0.3) is 11.1 Å². The maximum Gasteiger partial charge on any atom is 0.335 e. The second-order valence-electron chi connectivity index (χ2n) is 4.67. The first-order valence-corrected chi connectivity index (χ1v) is 6.78. The normalized spacial score (nSPS) is 10.2. The molecular formula is C16H15NO5. The minimum atomic E-state index is -1.01. The summed E-state index contributed by atoms with van der Waals surface area (Å²) < 4.78 is 5.37.